The van der Waals surface area contributed by atoms with Gasteiger partial charge < -0.3 is 14.2 Å². The van der Waals surface area contributed by atoms with Crippen molar-refractivity contribution in [3.8, 4) is 0 Å². The van der Waals surface area contributed by atoms with Gasteiger partial charge in [0.1, 0.15) is 12.2 Å². The molecule has 3 aliphatic heterocycles. The van der Waals surface area contributed by atoms with E-state index < -0.39 is 0 Å². The highest BCUT2D eigenvalue weighted by molar-refractivity contribution is 5.13. The Labute approximate surface area is 127 Å². The standard InChI is InChI=1S/C18H28O3/c1-2-6-12(7-3-1)18-9-5-4-8-13(18)16-14(20-16)10-19-11-15-17(18)21-15/h12-17H,1-11H2. The Morgan fingerprint density at radius 2 is 1.57 bits per heavy atom. The monoisotopic (exact) mass is 292 g/mol. The van der Waals surface area contributed by atoms with E-state index in [1.54, 1.807) is 0 Å². The van der Waals surface area contributed by atoms with E-state index in [0.29, 0.717) is 29.8 Å². The highest BCUT2D eigenvalue weighted by Gasteiger charge is 2.66. The van der Waals surface area contributed by atoms with Crippen LogP contribution in [0.5, 0.6) is 0 Å². The molecule has 0 amide bonds. The molecular formula is C18H28O3. The van der Waals surface area contributed by atoms with Gasteiger partial charge in [-0.3, -0.25) is 0 Å². The van der Waals surface area contributed by atoms with Gasteiger partial charge >= 0.3 is 0 Å². The van der Waals surface area contributed by atoms with Crippen LogP contribution in [0.1, 0.15) is 57.8 Å². The maximum atomic E-state index is 6.21. The first kappa shape index (κ1) is 13.3. The third-order valence-electron chi connectivity index (χ3n) is 7.13. The van der Waals surface area contributed by atoms with Gasteiger partial charge in [0.15, 0.2) is 0 Å². The first-order chi connectivity index (χ1) is 10.4. The Balaban J connectivity index is 1.51. The van der Waals surface area contributed by atoms with Crippen molar-refractivity contribution < 1.29 is 14.2 Å². The van der Waals surface area contributed by atoms with Crippen molar-refractivity contribution >= 4 is 0 Å². The average Bonchev–Trinajstić information content (AvgIpc) is 3.44. The SMILES string of the molecule is C1CCC(C23CCCCC2C2OC2COCC2OC23)CC1. The molecule has 5 aliphatic rings. The molecule has 5 rings (SSSR count). The second-order valence-electron chi connectivity index (χ2n) is 8.07. The third kappa shape index (κ3) is 2.04. The van der Waals surface area contributed by atoms with Crippen LogP contribution in [-0.2, 0) is 14.2 Å². The summed E-state index contributed by atoms with van der Waals surface area (Å²) in [5.41, 5.74) is 0.427. The fourth-order valence-corrected chi connectivity index (χ4v) is 6.14. The minimum absolute atomic E-state index is 0.394. The molecule has 0 N–H and O–H groups in total. The fourth-order valence-electron chi connectivity index (χ4n) is 6.14. The van der Waals surface area contributed by atoms with Crippen molar-refractivity contribution in [3.63, 3.8) is 0 Å². The van der Waals surface area contributed by atoms with Gasteiger partial charge in [0.05, 0.1) is 25.4 Å². The lowest BCUT2D eigenvalue weighted by molar-refractivity contribution is -0.0327. The van der Waals surface area contributed by atoms with Gasteiger partial charge in [-0.1, -0.05) is 32.1 Å². The summed E-state index contributed by atoms with van der Waals surface area (Å²) in [4.78, 5) is 0. The van der Waals surface area contributed by atoms with Crippen LogP contribution < -0.4 is 0 Å². The van der Waals surface area contributed by atoms with E-state index in [2.05, 4.69) is 0 Å². The van der Waals surface area contributed by atoms with Gasteiger partial charge in [-0.2, -0.15) is 0 Å². The molecule has 5 fully saturated rings. The van der Waals surface area contributed by atoms with Gasteiger partial charge in [0, 0.05) is 5.41 Å². The van der Waals surface area contributed by atoms with Gasteiger partial charge in [-0.15, -0.1) is 0 Å². The van der Waals surface area contributed by atoms with E-state index in [1.165, 1.54) is 57.8 Å². The van der Waals surface area contributed by atoms with Crippen LogP contribution in [0.4, 0.5) is 0 Å². The summed E-state index contributed by atoms with van der Waals surface area (Å²) in [5, 5.41) is 0. The predicted molar refractivity (Wildman–Crippen MR) is 79.1 cm³/mol. The molecule has 2 aliphatic carbocycles. The van der Waals surface area contributed by atoms with Crippen molar-refractivity contribution in [1.29, 1.82) is 0 Å². The van der Waals surface area contributed by atoms with Crippen LogP contribution in [-0.4, -0.2) is 37.6 Å². The Morgan fingerprint density at radius 3 is 2.48 bits per heavy atom. The minimum Gasteiger partial charge on any atom is -0.376 e. The van der Waals surface area contributed by atoms with E-state index in [4.69, 9.17) is 14.2 Å². The fraction of sp³-hybridized carbons (Fsp3) is 1.00. The topological polar surface area (TPSA) is 34.3 Å². The van der Waals surface area contributed by atoms with Crippen LogP contribution in [0.3, 0.4) is 0 Å². The third-order valence-corrected chi connectivity index (χ3v) is 7.13. The Kier molecular flexibility index (Phi) is 3.14. The van der Waals surface area contributed by atoms with Crippen molar-refractivity contribution in [1.82, 2.24) is 0 Å². The van der Waals surface area contributed by atoms with Crippen molar-refractivity contribution in [2.45, 2.75) is 82.2 Å². The molecule has 3 heterocycles. The van der Waals surface area contributed by atoms with E-state index in [-0.39, 0.29) is 0 Å². The summed E-state index contributed by atoms with van der Waals surface area (Å²) in [6.07, 6.45) is 14.5. The van der Waals surface area contributed by atoms with Gasteiger partial charge in [-0.05, 0) is 37.5 Å². The first-order valence-corrected chi connectivity index (χ1v) is 9.28. The van der Waals surface area contributed by atoms with Crippen LogP contribution >= 0.6 is 0 Å². The highest BCUT2D eigenvalue weighted by atomic mass is 16.6. The minimum atomic E-state index is 0.394. The average molecular weight is 292 g/mol. The maximum absolute atomic E-state index is 6.21. The first-order valence-electron chi connectivity index (χ1n) is 9.28. The molecule has 6 atom stereocenters. The number of epoxide rings is 2. The Morgan fingerprint density at radius 1 is 0.762 bits per heavy atom. The molecule has 6 unspecified atom stereocenters. The van der Waals surface area contributed by atoms with Crippen LogP contribution in [0.2, 0.25) is 0 Å². The van der Waals surface area contributed by atoms with Gasteiger partial charge in [0.25, 0.3) is 0 Å². The smallest absolute Gasteiger partial charge is 0.108 e. The lowest BCUT2D eigenvalue weighted by Crippen LogP contribution is -2.49. The molecule has 3 saturated heterocycles. The largest absolute Gasteiger partial charge is 0.376 e. The van der Waals surface area contributed by atoms with Crippen molar-refractivity contribution in [2.75, 3.05) is 13.2 Å². The molecule has 2 saturated carbocycles. The summed E-state index contributed by atoms with van der Waals surface area (Å²) in [5.74, 6) is 1.63. The summed E-state index contributed by atoms with van der Waals surface area (Å²) in [7, 11) is 0. The van der Waals surface area contributed by atoms with Crippen LogP contribution in [0.15, 0.2) is 0 Å². The predicted octanol–water partition coefficient (Wildman–Crippen LogP) is 3.31. The zero-order valence-electron chi connectivity index (χ0n) is 13.0. The number of hydrogen-bond acceptors (Lipinski definition) is 3. The summed E-state index contributed by atoms with van der Waals surface area (Å²) in [6, 6.07) is 0. The normalized spacial score (nSPS) is 53.4. The molecule has 3 nitrogen and oxygen atoms in total. The molecule has 118 valence electrons. The lowest BCUT2D eigenvalue weighted by atomic mass is 9.53. The zero-order chi connectivity index (χ0) is 13.9. The van der Waals surface area contributed by atoms with E-state index in [9.17, 15) is 0 Å². The van der Waals surface area contributed by atoms with E-state index >= 15 is 0 Å². The Bertz CT molecular complexity index is 405. The summed E-state index contributed by atoms with van der Waals surface area (Å²) < 4.78 is 18.1. The molecular weight excluding hydrogens is 264 g/mol. The van der Waals surface area contributed by atoms with Crippen LogP contribution in [0.25, 0.3) is 0 Å². The molecule has 0 bridgehead atoms. The molecule has 0 aromatic heterocycles. The molecule has 0 spiro atoms. The highest BCUT2D eigenvalue weighted by Crippen LogP contribution is 2.62. The van der Waals surface area contributed by atoms with Gasteiger partial charge in [0.2, 0.25) is 0 Å². The summed E-state index contributed by atoms with van der Waals surface area (Å²) >= 11 is 0. The number of rotatable bonds is 1. The second-order valence-corrected chi connectivity index (χ2v) is 8.07. The molecule has 3 heteroatoms. The lowest BCUT2D eigenvalue weighted by Gasteiger charge is -2.50. The number of ether oxygens (including phenoxy) is 3. The van der Waals surface area contributed by atoms with E-state index in [1.807, 2.05) is 0 Å². The molecule has 21 heavy (non-hydrogen) atoms. The van der Waals surface area contributed by atoms with Gasteiger partial charge in [-0.25, -0.2) is 0 Å². The summed E-state index contributed by atoms with van der Waals surface area (Å²) in [6.45, 7) is 1.60. The van der Waals surface area contributed by atoms with Crippen molar-refractivity contribution in [3.05, 3.63) is 0 Å². The van der Waals surface area contributed by atoms with Crippen molar-refractivity contribution in [2.24, 2.45) is 17.3 Å². The second kappa shape index (κ2) is 4.94. The zero-order valence-corrected chi connectivity index (χ0v) is 13.0. The maximum Gasteiger partial charge on any atom is 0.108 e. The Hall–Kier alpha value is -0.120. The number of fused-ring (bicyclic) bond motifs is 5. The van der Waals surface area contributed by atoms with Crippen LogP contribution in [0, 0.1) is 17.3 Å². The molecule has 0 aromatic carbocycles. The molecule has 0 aromatic rings. The van der Waals surface area contributed by atoms with E-state index in [0.717, 1.165) is 25.0 Å². The molecule has 0 radical (unpaired) electrons. The number of hydrogen-bond donors (Lipinski definition) is 0. The quantitative estimate of drug-likeness (QED) is 0.695.